The van der Waals surface area contributed by atoms with Gasteiger partial charge in [-0.15, -0.1) is 11.3 Å². The highest BCUT2D eigenvalue weighted by atomic mass is 32.1. The van der Waals surface area contributed by atoms with Crippen molar-refractivity contribution < 1.29 is 18.0 Å². The second-order valence-corrected chi connectivity index (χ2v) is 6.73. The zero-order valence-electron chi connectivity index (χ0n) is 13.5. The van der Waals surface area contributed by atoms with Gasteiger partial charge in [0.25, 0.3) is 0 Å². The molecular formula is C18H16F2N2O2S. The molecule has 2 aromatic heterocycles. The van der Waals surface area contributed by atoms with E-state index in [1.807, 2.05) is 19.1 Å². The molecule has 2 heterocycles. The van der Waals surface area contributed by atoms with Crippen LogP contribution < -0.4 is 5.32 Å². The Labute approximate surface area is 147 Å². The van der Waals surface area contributed by atoms with Crippen molar-refractivity contribution >= 4 is 22.4 Å². The molecule has 0 aliphatic carbocycles. The first-order chi connectivity index (χ1) is 12.0. The van der Waals surface area contributed by atoms with Crippen LogP contribution in [0.3, 0.4) is 0 Å². The lowest BCUT2D eigenvalue weighted by molar-refractivity contribution is -0.116. The number of carbonyl (C=O) groups is 1. The summed E-state index contributed by atoms with van der Waals surface area (Å²) in [5, 5.41) is 3.22. The van der Waals surface area contributed by atoms with E-state index < -0.39 is 11.6 Å². The van der Waals surface area contributed by atoms with Gasteiger partial charge in [-0.05, 0) is 36.8 Å². The Balaban J connectivity index is 1.53. The van der Waals surface area contributed by atoms with Crippen molar-refractivity contribution in [2.45, 2.75) is 26.2 Å². The number of aromatic nitrogens is 1. The van der Waals surface area contributed by atoms with Gasteiger partial charge in [0.15, 0.2) is 16.8 Å². The van der Waals surface area contributed by atoms with Gasteiger partial charge in [-0.1, -0.05) is 6.07 Å². The number of hydrogen-bond donors (Lipinski definition) is 1. The molecule has 130 valence electrons. The van der Waals surface area contributed by atoms with E-state index in [9.17, 15) is 13.6 Å². The monoisotopic (exact) mass is 362 g/mol. The first kappa shape index (κ1) is 17.3. The van der Waals surface area contributed by atoms with Gasteiger partial charge in [-0.3, -0.25) is 4.79 Å². The van der Waals surface area contributed by atoms with Gasteiger partial charge in [0.1, 0.15) is 11.5 Å². The summed E-state index contributed by atoms with van der Waals surface area (Å²) in [6.07, 6.45) is 2.87. The number of anilines is 1. The van der Waals surface area contributed by atoms with Crippen molar-refractivity contribution in [3.63, 3.8) is 0 Å². The number of thiazole rings is 1. The molecule has 3 aromatic rings. The second-order valence-electron chi connectivity index (χ2n) is 5.62. The van der Waals surface area contributed by atoms with Gasteiger partial charge in [-0.2, -0.15) is 0 Å². The number of aryl methyl sites for hydroxylation is 2. The van der Waals surface area contributed by atoms with Crippen molar-refractivity contribution in [3.8, 4) is 0 Å². The molecule has 0 aliphatic rings. The standard InChI is InChI=1S/C18H16F2N2O2S/c1-11-2-4-13(24-11)5-7-17(23)22-18-21-10-14(25-18)8-12-3-6-15(19)16(20)9-12/h2-4,6,9-10H,5,7-8H2,1H3,(H,21,22,23). The van der Waals surface area contributed by atoms with Crippen LogP contribution in [0.25, 0.3) is 0 Å². The van der Waals surface area contributed by atoms with E-state index in [1.165, 1.54) is 23.5 Å². The highest BCUT2D eigenvalue weighted by Gasteiger charge is 2.10. The summed E-state index contributed by atoms with van der Waals surface area (Å²) in [7, 11) is 0. The van der Waals surface area contributed by atoms with Crippen LogP contribution >= 0.6 is 11.3 Å². The van der Waals surface area contributed by atoms with Crippen molar-refractivity contribution in [3.05, 3.63) is 70.1 Å². The number of furan rings is 1. The average molecular weight is 362 g/mol. The van der Waals surface area contributed by atoms with Crippen LogP contribution in [0.15, 0.2) is 40.9 Å². The third-order valence-corrected chi connectivity index (χ3v) is 4.47. The highest BCUT2D eigenvalue weighted by molar-refractivity contribution is 7.15. The van der Waals surface area contributed by atoms with Crippen molar-refractivity contribution in [1.82, 2.24) is 4.98 Å². The van der Waals surface area contributed by atoms with Gasteiger partial charge in [0.2, 0.25) is 5.91 Å². The molecule has 4 nitrogen and oxygen atoms in total. The number of halogens is 2. The number of hydrogen-bond acceptors (Lipinski definition) is 4. The largest absolute Gasteiger partial charge is 0.466 e. The average Bonchev–Trinajstić information content (AvgIpc) is 3.18. The van der Waals surface area contributed by atoms with E-state index in [0.717, 1.165) is 22.5 Å². The number of carbonyl (C=O) groups excluding carboxylic acids is 1. The van der Waals surface area contributed by atoms with Crippen LogP contribution in [0.1, 0.15) is 28.4 Å². The fourth-order valence-electron chi connectivity index (χ4n) is 2.34. The van der Waals surface area contributed by atoms with Crippen LogP contribution in [0, 0.1) is 18.6 Å². The van der Waals surface area contributed by atoms with Crippen molar-refractivity contribution in [1.29, 1.82) is 0 Å². The SMILES string of the molecule is Cc1ccc(CCC(=O)Nc2ncc(Cc3ccc(F)c(F)c3)s2)o1. The molecule has 0 bridgehead atoms. The fourth-order valence-corrected chi connectivity index (χ4v) is 3.20. The Morgan fingerprint density at radius 1 is 1.24 bits per heavy atom. The maximum atomic E-state index is 13.2. The van der Waals surface area contributed by atoms with Crippen LogP contribution in [0.5, 0.6) is 0 Å². The second kappa shape index (κ2) is 7.57. The van der Waals surface area contributed by atoms with Crippen LogP contribution in [-0.2, 0) is 17.6 Å². The van der Waals surface area contributed by atoms with Crippen LogP contribution in [0.4, 0.5) is 13.9 Å². The minimum Gasteiger partial charge on any atom is -0.466 e. The molecule has 0 saturated heterocycles. The molecule has 0 atom stereocenters. The fraction of sp³-hybridized carbons (Fsp3) is 0.222. The first-order valence-electron chi connectivity index (χ1n) is 7.73. The summed E-state index contributed by atoms with van der Waals surface area (Å²) in [6, 6.07) is 7.51. The number of benzene rings is 1. The Kier molecular flexibility index (Phi) is 5.23. The number of rotatable bonds is 6. The predicted molar refractivity (Wildman–Crippen MR) is 91.7 cm³/mol. The minimum atomic E-state index is -0.872. The molecule has 0 radical (unpaired) electrons. The molecule has 1 N–H and O–H groups in total. The molecule has 1 aromatic carbocycles. The van der Waals surface area contributed by atoms with E-state index in [1.54, 1.807) is 6.20 Å². The lowest BCUT2D eigenvalue weighted by Crippen LogP contribution is -2.11. The van der Waals surface area contributed by atoms with Gasteiger partial charge in [0, 0.05) is 30.3 Å². The van der Waals surface area contributed by atoms with Crippen molar-refractivity contribution in [2.75, 3.05) is 5.32 Å². The quantitative estimate of drug-likeness (QED) is 0.703. The lowest BCUT2D eigenvalue weighted by Gasteiger charge is -2.01. The molecular weight excluding hydrogens is 346 g/mol. The summed E-state index contributed by atoms with van der Waals surface area (Å²) in [4.78, 5) is 17.0. The summed E-state index contributed by atoms with van der Waals surface area (Å²) >= 11 is 1.31. The molecule has 0 fully saturated rings. The smallest absolute Gasteiger partial charge is 0.226 e. The topological polar surface area (TPSA) is 55.1 Å². The Hall–Kier alpha value is -2.54. The van der Waals surface area contributed by atoms with E-state index >= 15 is 0 Å². The third-order valence-electron chi connectivity index (χ3n) is 3.56. The van der Waals surface area contributed by atoms with E-state index in [-0.39, 0.29) is 5.91 Å². The zero-order chi connectivity index (χ0) is 17.8. The molecule has 0 spiro atoms. The van der Waals surface area contributed by atoms with Gasteiger partial charge in [-0.25, -0.2) is 13.8 Å². The van der Waals surface area contributed by atoms with Gasteiger partial charge >= 0.3 is 0 Å². The Bertz CT molecular complexity index is 889. The Morgan fingerprint density at radius 3 is 2.80 bits per heavy atom. The minimum absolute atomic E-state index is 0.150. The normalized spacial score (nSPS) is 10.8. The summed E-state index contributed by atoms with van der Waals surface area (Å²) in [5.74, 6) is -0.303. The predicted octanol–water partition coefficient (Wildman–Crippen LogP) is 4.48. The molecule has 0 saturated carbocycles. The molecule has 0 unspecified atom stereocenters. The number of nitrogens with zero attached hydrogens (tertiary/aromatic N) is 1. The number of amides is 1. The molecule has 25 heavy (non-hydrogen) atoms. The first-order valence-corrected chi connectivity index (χ1v) is 8.55. The molecule has 1 amide bonds. The maximum Gasteiger partial charge on any atom is 0.226 e. The molecule has 3 rings (SSSR count). The summed E-state index contributed by atoms with van der Waals surface area (Å²) in [6.45, 7) is 1.85. The van der Waals surface area contributed by atoms with Crippen LogP contribution in [0.2, 0.25) is 0 Å². The zero-order valence-corrected chi connectivity index (χ0v) is 14.3. The van der Waals surface area contributed by atoms with Gasteiger partial charge in [0.05, 0.1) is 0 Å². The molecule has 0 aliphatic heterocycles. The maximum absolute atomic E-state index is 13.2. The highest BCUT2D eigenvalue weighted by Crippen LogP contribution is 2.22. The third kappa shape index (κ3) is 4.73. The number of nitrogens with one attached hydrogen (secondary N) is 1. The molecule has 7 heteroatoms. The van der Waals surface area contributed by atoms with Gasteiger partial charge < -0.3 is 9.73 Å². The van der Waals surface area contributed by atoms with E-state index in [0.29, 0.717) is 30.0 Å². The Morgan fingerprint density at radius 2 is 2.08 bits per heavy atom. The lowest BCUT2D eigenvalue weighted by atomic mass is 10.1. The van der Waals surface area contributed by atoms with Crippen LogP contribution in [-0.4, -0.2) is 10.9 Å². The van der Waals surface area contributed by atoms with E-state index in [4.69, 9.17) is 4.42 Å². The van der Waals surface area contributed by atoms with Crippen molar-refractivity contribution in [2.24, 2.45) is 0 Å². The summed E-state index contributed by atoms with van der Waals surface area (Å²) < 4.78 is 31.6. The van der Waals surface area contributed by atoms with E-state index in [2.05, 4.69) is 10.3 Å². The summed E-state index contributed by atoms with van der Waals surface area (Å²) in [5.41, 5.74) is 0.647.